The van der Waals surface area contributed by atoms with Gasteiger partial charge in [-0.05, 0) is 95.3 Å². The van der Waals surface area contributed by atoms with E-state index in [0.717, 1.165) is 18.2 Å². The van der Waals surface area contributed by atoms with Crippen LogP contribution in [0.3, 0.4) is 0 Å². The maximum absolute atomic E-state index is 12.4. The van der Waals surface area contributed by atoms with Gasteiger partial charge in [0.15, 0.2) is 5.69 Å². The van der Waals surface area contributed by atoms with Crippen molar-refractivity contribution >= 4 is 63.9 Å². The zero-order valence-corrected chi connectivity index (χ0v) is 70.4. The normalized spacial score (nSPS) is 10.8. The number of azo groups is 1. The molecule has 2 atom stereocenters. The second-order valence-electron chi connectivity index (χ2n) is 22.2. The van der Waals surface area contributed by atoms with Gasteiger partial charge in [0.2, 0.25) is 5.91 Å². The first kappa shape index (κ1) is 109. The minimum absolute atomic E-state index is 0. The number of esters is 2. The number of aliphatic carboxylic acids is 2. The van der Waals surface area contributed by atoms with Crippen molar-refractivity contribution in [2.45, 2.75) is 19.8 Å². The molecular weight excluding hydrogens is 1560 g/mol. The predicted octanol–water partition coefficient (Wildman–Crippen LogP) is -5.12. The molecule has 2 aromatic carbocycles. The molecule has 0 heterocycles. The van der Waals surface area contributed by atoms with E-state index < -0.39 is 75.7 Å². The molecule has 39 heteroatoms. The molecule has 117 heavy (non-hydrogen) atoms. The molecule has 0 aliphatic heterocycles. The molecule has 2 aromatic rings. The summed E-state index contributed by atoms with van der Waals surface area (Å²) in [6.45, 7) is 13.5. The molecule has 0 spiro atoms. The van der Waals surface area contributed by atoms with Crippen molar-refractivity contribution < 1.29 is 198 Å². The summed E-state index contributed by atoms with van der Waals surface area (Å²) in [5.41, 5.74) is -0.317. The largest absolute Gasteiger partial charge is 1.00 e. The van der Waals surface area contributed by atoms with E-state index in [4.69, 9.17) is 108 Å². The molecule has 0 radical (unpaired) electrons. The molecule has 628 valence electrons. The molecule has 0 aromatic heterocycles. The maximum atomic E-state index is 12.4. The number of rotatable bonds is 72. The fourth-order valence-electron chi connectivity index (χ4n) is 8.28. The average molecular weight is 1660 g/mol. The third kappa shape index (κ3) is 64.4. The Labute approximate surface area is 725 Å². The van der Waals surface area contributed by atoms with Gasteiger partial charge in [0.25, 0.3) is 5.69 Å². The van der Waals surface area contributed by atoms with E-state index in [9.17, 15) is 54.4 Å². The summed E-state index contributed by atoms with van der Waals surface area (Å²) in [6, 6.07) is 7.92. The van der Waals surface area contributed by atoms with E-state index in [0.29, 0.717) is 191 Å². The van der Waals surface area contributed by atoms with Crippen LogP contribution in [0.4, 0.5) is 34.1 Å². The van der Waals surface area contributed by atoms with Crippen LogP contribution in [0, 0.1) is 128 Å². The predicted molar refractivity (Wildman–Crippen MR) is 404 cm³/mol. The summed E-state index contributed by atoms with van der Waals surface area (Å²) in [5.74, 6) is 23.9. The monoisotopic (exact) mass is 1660 g/mol. The van der Waals surface area contributed by atoms with Gasteiger partial charge in [-0.3, -0.25) is 34.6 Å². The van der Waals surface area contributed by atoms with Gasteiger partial charge in [0.05, 0.1) is 296 Å². The van der Waals surface area contributed by atoms with Gasteiger partial charge < -0.3 is 125 Å². The summed E-state index contributed by atoms with van der Waals surface area (Å²) in [7, 11) is 0. The van der Waals surface area contributed by atoms with Crippen molar-refractivity contribution in [3.8, 4) is 95.7 Å². The number of terminal acetylenes is 2. The SMILES string of the molecule is C#CC#CC#CC#CC(CC(=O)OCCOCCOCCOCCOCCOCCOCCOCCOCCOCCN(CCOCCOCCOCCOCCOCCOCCOCCOCCOCCOC(=O)CC(C#CC#CC#CC#C)C(=O)[O-])c1ccc(N=Nc2ccc([N+](=O)[O-])cc2[N+](=O)[O-])c(NC(C)=O)c1)C(=O)[O-].[Na+].[Na+]. The van der Waals surface area contributed by atoms with Gasteiger partial charge in [0.1, 0.15) is 18.9 Å². The van der Waals surface area contributed by atoms with E-state index in [1.165, 1.54) is 6.92 Å². The third-order valence-electron chi connectivity index (χ3n) is 13.7. The Kier molecular flexibility index (Phi) is 73.3. The number of nitrogens with one attached hydrogen (secondary N) is 1. The Morgan fingerprint density at radius 2 is 0.658 bits per heavy atom. The molecule has 0 saturated heterocycles. The number of hydrogen-bond acceptors (Lipinski definition) is 34. The number of carbonyl (C=O) groups excluding carboxylic acids is 5. The molecule has 0 aliphatic rings. The van der Waals surface area contributed by atoms with E-state index in [-0.39, 0.29) is 155 Å². The zero-order chi connectivity index (χ0) is 83.3. The Morgan fingerprint density at radius 3 is 0.940 bits per heavy atom. The van der Waals surface area contributed by atoms with Crippen LogP contribution in [0.25, 0.3) is 0 Å². The van der Waals surface area contributed by atoms with E-state index in [1.807, 2.05) is 4.90 Å². The molecular formula is C78H98N6Na2O31. The van der Waals surface area contributed by atoms with Gasteiger partial charge in [0, 0.05) is 31.8 Å². The Bertz CT molecular complexity index is 3500. The number of hydrogen-bond donors (Lipinski definition) is 1. The third-order valence-corrected chi connectivity index (χ3v) is 13.7. The quantitative estimate of drug-likeness (QED) is 0.0123. The van der Waals surface area contributed by atoms with Crippen LogP contribution in [0.5, 0.6) is 0 Å². The minimum Gasteiger partial charge on any atom is -0.549 e. The van der Waals surface area contributed by atoms with Gasteiger partial charge in [-0.15, -0.1) is 23.1 Å². The van der Waals surface area contributed by atoms with Gasteiger partial charge in [-0.2, -0.15) is 0 Å². The molecule has 1 N–H and O–H groups in total. The number of anilines is 2. The minimum atomic E-state index is -1.53. The maximum Gasteiger partial charge on any atom is 1.00 e. The summed E-state index contributed by atoms with van der Waals surface area (Å²) >= 11 is 0. The number of carboxylic acid groups (broad SMARTS) is 2. The Hall–Kier alpha value is -8.25. The molecule has 1 amide bonds. The van der Waals surface area contributed by atoms with Crippen molar-refractivity contribution in [3.05, 3.63) is 56.6 Å². The smallest absolute Gasteiger partial charge is 0.549 e. The number of benzene rings is 2. The molecule has 2 unspecified atom stereocenters. The summed E-state index contributed by atoms with van der Waals surface area (Å²) < 4.78 is 110. The second-order valence-corrected chi connectivity index (χ2v) is 22.2. The van der Waals surface area contributed by atoms with Crippen LogP contribution in [-0.4, -0.2) is 304 Å². The number of non-ortho nitro benzene ring substituents is 1. The molecule has 0 aliphatic carbocycles. The number of nitro groups is 2. The number of carbonyl (C=O) groups is 5. The summed E-state index contributed by atoms with van der Waals surface area (Å²) in [4.78, 5) is 82.2. The van der Waals surface area contributed by atoms with Crippen LogP contribution in [-0.2, 0) is 119 Å². The van der Waals surface area contributed by atoms with Gasteiger partial charge >= 0.3 is 76.7 Å². The number of carboxylic acids is 2. The average Bonchev–Trinajstić information content (AvgIpc) is 0.825. The zero-order valence-electron chi connectivity index (χ0n) is 66.4. The van der Waals surface area contributed by atoms with E-state index in [1.54, 1.807) is 18.2 Å². The van der Waals surface area contributed by atoms with Crippen molar-refractivity contribution in [2.75, 3.05) is 274 Å². The van der Waals surface area contributed by atoms with Crippen LogP contribution >= 0.6 is 0 Å². The molecule has 2 rings (SSSR count). The number of nitro benzene ring substituents is 2. The number of amides is 1. The first-order valence-corrected chi connectivity index (χ1v) is 36.2. The number of ether oxygens (including phenoxy) is 20. The van der Waals surface area contributed by atoms with Crippen molar-refractivity contribution in [1.82, 2.24) is 0 Å². The topological polar surface area (TPSA) is 442 Å². The van der Waals surface area contributed by atoms with Gasteiger partial charge in [-0.1, -0.05) is 11.8 Å². The Morgan fingerprint density at radius 1 is 0.385 bits per heavy atom. The van der Waals surface area contributed by atoms with E-state index >= 15 is 0 Å². The van der Waals surface area contributed by atoms with E-state index in [2.05, 4.69) is 98.4 Å². The molecule has 37 nitrogen and oxygen atoms in total. The second kappa shape index (κ2) is 78.9. The molecule has 0 bridgehead atoms. The van der Waals surface area contributed by atoms with Crippen LogP contribution in [0.2, 0.25) is 0 Å². The van der Waals surface area contributed by atoms with Crippen molar-refractivity contribution in [3.63, 3.8) is 0 Å². The fraction of sp³-hybridized carbons (Fsp3) is 0.577. The van der Waals surface area contributed by atoms with Crippen molar-refractivity contribution in [2.24, 2.45) is 22.1 Å². The fourth-order valence-corrected chi connectivity index (χ4v) is 8.28. The van der Waals surface area contributed by atoms with Crippen LogP contribution < -0.4 is 79.5 Å². The Balaban J connectivity index is 0.0000673. The first-order valence-electron chi connectivity index (χ1n) is 36.2. The first-order chi connectivity index (χ1) is 56.2. The van der Waals surface area contributed by atoms with Crippen molar-refractivity contribution in [1.29, 1.82) is 0 Å². The van der Waals surface area contributed by atoms with Crippen LogP contribution in [0.15, 0.2) is 46.6 Å². The standard InChI is InChI=1S/C78H100N6O31.2Na/c1-4-6-8-10-12-14-16-67(77(88)89)62-75(86)114-60-58-112-56-54-110-52-50-108-48-46-106-44-42-104-40-38-102-36-34-100-32-30-98-28-26-96-24-22-82(69-18-20-71(73(64-69)79-66(3)85)80-81-72-21-19-70(83(92)93)65-74(72)84(94)95)23-25-97-27-29-99-31-33-101-35-37-103-39-41-105-43-45-107-47-49-109-51-53-111-55-57-113-59-61-115-76(87)63-68(78(90)91)17-15-13-11-9-7-5-2;;/h1-2,18-21,64-65,67-68H,22-63H2,3H3,(H,79,85)(H,88,89)(H,90,91);;/q;2*+1/p-2. The summed E-state index contributed by atoms with van der Waals surface area (Å²) in [6.07, 6.45) is 8.90. The van der Waals surface area contributed by atoms with Crippen LogP contribution in [0.1, 0.15) is 19.8 Å². The molecule has 0 fully saturated rings. The number of nitrogens with zero attached hydrogens (tertiary/aromatic N) is 5. The molecule has 0 saturated carbocycles. The van der Waals surface area contributed by atoms with Gasteiger partial charge in [-0.25, -0.2) is 0 Å². The summed E-state index contributed by atoms with van der Waals surface area (Å²) in [5, 5.41) is 56.4.